The Labute approximate surface area is 110 Å². The molecule has 0 N–H and O–H groups in total. The number of carbonyl (C=O) groups is 1. The average Bonchev–Trinajstić information content (AvgIpc) is 2.37. The van der Waals surface area contributed by atoms with Crippen molar-refractivity contribution < 1.29 is 18.0 Å². The van der Waals surface area contributed by atoms with Gasteiger partial charge >= 0.3 is 6.18 Å². The minimum Gasteiger partial charge on any atom is -0.338 e. The van der Waals surface area contributed by atoms with E-state index in [0.29, 0.717) is 24.6 Å². The molecule has 1 amide bonds. The van der Waals surface area contributed by atoms with E-state index in [0.717, 1.165) is 25.0 Å². The van der Waals surface area contributed by atoms with Gasteiger partial charge in [-0.3, -0.25) is 4.79 Å². The number of hydrogen-bond donors (Lipinski definition) is 0. The van der Waals surface area contributed by atoms with Gasteiger partial charge in [0, 0.05) is 18.7 Å². The van der Waals surface area contributed by atoms with Gasteiger partial charge in [0.15, 0.2) is 0 Å². The zero-order valence-corrected chi connectivity index (χ0v) is 10.7. The van der Waals surface area contributed by atoms with Crippen LogP contribution in [0.4, 0.5) is 13.2 Å². The monoisotopic (exact) mass is 271 g/mol. The molecule has 0 radical (unpaired) electrons. The number of amides is 1. The number of likely N-dealkylation sites (tertiary alicyclic amines) is 1. The lowest BCUT2D eigenvalue weighted by Gasteiger charge is -2.31. The van der Waals surface area contributed by atoms with Gasteiger partial charge in [0.25, 0.3) is 5.91 Å². The maximum Gasteiger partial charge on any atom is 0.416 e. The van der Waals surface area contributed by atoms with Crippen molar-refractivity contribution >= 4 is 5.91 Å². The van der Waals surface area contributed by atoms with Gasteiger partial charge in [0.1, 0.15) is 0 Å². The second-order valence-electron chi connectivity index (χ2n) is 5.07. The van der Waals surface area contributed by atoms with Crippen LogP contribution in [0.2, 0.25) is 0 Å². The Morgan fingerprint density at radius 3 is 2.42 bits per heavy atom. The van der Waals surface area contributed by atoms with E-state index in [1.807, 2.05) is 0 Å². The van der Waals surface area contributed by atoms with E-state index < -0.39 is 11.7 Å². The van der Waals surface area contributed by atoms with E-state index in [4.69, 9.17) is 0 Å². The summed E-state index contributed by atoms with van der Waals surface area (Å²) in [6.07, 6.45) is -2.31. The summed E-state index contributed by atoms with van der Waals surface area (Å²) in [5.41, 5.74) is -0.404. The molecule has 1 aliphatic heterocycles. The molecule has 5 heteroatoms. The number of rotatable bonds is 1. The molecule has 0 spiro atoms. The molecule has 104 valence electrons. The third-order valence-corrected chi connectivity index (χ3v) is 3.40. The predicted octanol–water partition coefficient (Wildman–Crippen LogP) is 3.58. The number of nitrogens with zero attached hydrogens (tertiary/aromatic N) is 1. The maximum atomic E-state index is 12.4. The quantitative estimate of drug-likeness (QED) is 0.764. The highest BCUT2D eigenvalue weighted by atomic mass is 19.4. The molecule has 0 aliphatic carbocycles. The highest BCUT2D eigenvalue weighted by Gasteiger charge is 2.30. The first-order valence-corrected chi connectivity index (χ1v) is 6.34. The Bertz CT molecular complexity index is 453. The fourth-order valence-electron chi connectivity index (χ4n) is 2.36. The van der Waals surface area contributed by atoms with Crippen LogP contribution in [0.5, 0.6) is 0 Å². The molecule has 1 saturated heterocycles. The number of alkyl halides is 3. The van der Waals surface area contributed by atoms with Crippen molar-refractivity contribution in [3.05, 3.63) is 35.4 Å². The first-order chi connectivity index (χ1) is 8.88. The fourth-order valence-corrected chi connectivity index (χ4v) is 2.36. The SMILES string of the molecule is CC1CCCN(C(=O)c2ccc(C(F)(F)F)cc2)C1. The first kappa shape index (κ1) is 13.9. The Morgan fingerprint density at radius 1 is 1.26 bits per heavy atom. The number of piperidine rings is 1. The highest BCUT2D eigenvalue weighted by molar-refractivity contribution is 5.94. The summed E-state index contributed by atoms with van der Waals surface area (Å²) < 4.78 is 37.3. The van der Waals surface area contributed by atoms with E-state index >= 15 is 0 Å². The summed E-state index contributed by atoms with van der Waals surface area (Å²) in [5, 5.41) is 0. The second-order valence-corrected chi connectivity index (χ2v) is 5.07. The van der Waals surface area contributed by atoms with Crippen molar-refractivity contribution in [1.29, 1.82) is 0 Å². The van der Waals surface area contributed by atoms with E-state index in [1.165, 1.54) is 12.1 Å². The average molecular weight is 271 g/mol. The molecule has 2 rings (SSSR count). The molecule has 1 aliphatic rings. The smallest absolute Gasteiger partial charge is 0.338 e. The van der Waals surface area contributed by atoms with Gasteiger partial charge in [-0.25, -0.2) is 0 Å². The van der Waals surface area contributed by atoms with E-state index in [2.05, 4.69) is 6.92 Å². The molecule has 1 unspecified atom stereocenters. The minimum atomic E-state index is -4.36. The van der Waals surface area contributed by atoms with Crippen LogP contribution in [0.25, 0.3) is 0 Å². The van der Waals surface area contributed by atoms with Crippen LogP contribution in [0.1, 0.15) is 35.7 Å². The second kappa shape index (κ2) is 5.23. The largest absolute Gasteiger partial charge is 0.416 e. The molecular weight excluding hydrogens is 255 g/mol. The maximum absolute atomic E-state index is 12.4. The van der Waals surface area contributed by atoms with Crippen LogP contribution in [0.3, 0.4) is 0 Å². The normalized spacial score (nSPS) is 20.4. The van der Waals surface area contributed by atoms with Gasteiger partial charge < -0.3 is 4.90 Å². The lowest BCUT2D eigenvalue weighted by molar-refractivity contribution is -0.137. The van der Waals surface area contributed by atoms with E-state index in [1.54, 1.807) is 4.90 Å². The van der Waals surface area contributed by atoms with E-state index in [9.17, 15) is 18.0 Å². The summed E-state index contributed by atoms with van der Waals surface area (Å²) in [4.78, 5) is 13.9. The van der Waals surface area contributed by atoms with Crippen molar-refractivity contribution in [3.8, 4) is 0 Å². The fraction of sp³-hybridized carbons (Fsp3) is 0.500. The van der Waals surface area contributed by atoms with Gasteiger partial charge in [0.05, 0.1) is 5.56 Å². The van der Waals surface area contributed by atoms with Gasteiger partial charge in [-0.15, -0.1) is 0 Å². The molecule has 1 fully saturated rings. The number of hydrogen-bond acceptors (Lipinski definition) is 1. The molecule has 1 atom stereocenters. The molecule has 1 heterocycles. The van der Waals surface area contributed by atoms with Crippen LogP contribution < -0.4 is 0 Å². The zero-order valence-electron chi connectivity index (χ0n) is 10.7. The van der Waals surface area contributed by atoms with Crippen LogP contribution in [-0.4, -0.2) is 23.9 Å². The molecule has 0 bridgehead atoms. The van der Waals surface area contributed by atoms with Crippen molar-refractivity contribution in [1.82, 2.24) is 4.90 Å². The first-order valence-electron chi connectivity index (χ1n) is 6.34. The highest BCUT2D eigenvalue weighted by Crippen LogP contribution is 2.29. The summed E-state index contributed by atoms with van der Waals surface area (Å²) in [7, 11) is 0. The summed E-state index contributed by atoms with van der Waals surface area (Å²) in [6.45, 7) is 3.44. The summed E-state index contributed by atoms with van der Waals surface area (Å²) in [6, 6.07) is 4.43. The number of carbonyl (C=O) groups excluding carboxylic acids is 1. The van der Waals surface area contributed by atoms with Gasteiger partial charge in [-0.2, -0.15) is 13.2 Å². The lowest BCUT2D eigenvalue weighted by Crippen LogP contribution is -2.39. The van der Waals surface area contributed by atoms with Gasteiger partial charge in [0.2, 0.25) is 0 Å². The molecule has 1 aromatic rings. The van der Waals surface area contributed by atoms with Crippen molar-refractivity contribution in [3.63, 3.8) is 0 Å². The van der Waals surface area contributed by atoms with Crippen molar-refractivity contribution in [2.75, 3.05) is 13.1 Å². The van der Waals surface area contributed by atoms with Crippen molar-refractivity contribution in [2.24, 2.45) is 5.92 Å². The zero-order chi connectivity index (χ0) is 14.0. The van der Waals surface area contributed by atoms with Crippen LogP contribution in [-0.2, 0) is 6.18 Å². The third kappa shape index (κ3) is 3.28. The predicted molar refractivity (Wildman–Crippen MR) is 65.7 cm³/mol. The Hall–Kier alpha value is -1.52. The van der Waals surface area contributed by atoms with Gasteiger partial charge in [-0.05, 0) is 43.0 Å². The third-order valence-electron chi connectivity index (χ3n) is 3.40. The van der Waals surface area contributed by atoms with Crippen LogP contribution >= 0.6 is 0 Å². The van der Waals surface area contributed by atoms with Crippen molar-refractivity contribution in [2.45, 2.75) is 25.9 Å². The molecule has 1 aromatic carbocycles. The molecular formula is C14H16F3NO. The van der Waals surface area contributed by atoms with E-state index in [-0.39, 0.29) is 5.91 Å². The molecule has 0 saturated carbocycles. The summed E-state index contributed by atoms with van der Waals surface area (Å²) in [5.74, 6) is 0.271. The van der Waals surface area contributed by atoms with Crippen LogP contribution in [0.15, 0.2) is 24.3 Å². The lowest BCUT2D eigenvalue weighted by atomic mass is 9.99. The Balaban J connectivity index is 2.11. The molecule has 0 aromatic heterocycles. The minimum absolute atomic E-state index is 0.180. The topological polar surface area (TPSA) is 20.3 Å². The molecule has 19 heavy (non-hydrogen) atoms. The number of halogens is 3. The Morgan fingerprint density at radius 2 is 1.89 bits per heavy atom. The Kier molecular flexibility index (Phi) is 3.83. The summed E-state index contributed by atoms with van der Waals surface area (Å²) >= 11 is 0. The van der Waals surface area contributed by atoms with Crippen LogP contribution in [0, 0.1) is 5.92 Å². The standard InChI is InChI=1S/C14H16F3NO/c1-10-3-2-8-18(9-10)13(19)11-4-6-12(7-5-11)14(15,16)17/h4-7,10H,2-3,8-9H2,1H3. The molecule has 2 nitrogen and oxygen atoms in total. The number of benzene rings is 1. The van der Waals surface area contributed by atoms with Gasteiger partial charge in [-0.1, -0.05) is 6.92 Å².